The minimum atomic E-state index is -0.444. The number of ether oxygens (including phenoxy) is 3. The van der Waals surface area contributed by atoms with Crippen molar-refractivity contribution in [1.82, 2.24) is 0 Å². The summed E-state index contributed by atoms with van der Waals surface area (Å²) >= 11 is 0. The first-order valence-electron chi connectivity index (χ1n) is 16.0. The van der Waals surface area contributed by atoms with Crippen molar-refractivity contribution in [2.45, 2.75) is 104 Å². The topological polar surface area (TPSA) is 27.7 Å². The molecule has 0 aliphatic heterocycles. The maximum atomic E-state index is 13.0. The van der Waals surface area contributed by atoms with Crippen LogP contribution in [0.2, 0.25) is 0 Å². The van der Waals surface area contributed by atoms with Gasteiger partial charge in [0.25, 0.3) is 0 Å². The Labute approximate surface area is 248 Å². The highest BCUT2D eigenvalue weighted by Crippen LogP contribution is 2.43. The molecule has 0 unspecified atom stereocenters. The van der Waals surface area contributed by atoms with E-state index >= 15 is 0 Å². The standard InChI is InChI=1S/C37H51FO3/c1-4-7-10-13-24-39-34-27-35(40-25-14-11-8-5-2)37(36(28-34)41-26-15-12-9-6-3)33-22-20-32(21-23-33)31-18-16-30(29-38)17-19-31/h16-23,27-28H,4-15,24-26,29H2,1-3H3. The smallest absolute Gasteiger partial charge is 0.134 e. The average Bonchev–Trinajstić information content (AvgIpc) is 3.01. The quantitative estimate of drug-likeness (QED) is 0.121. The largest absolute Gasteiger partial charge is 0.493 e. The Hall–Kier alpha value is -3.01. The molecule has 0 aliphatic carbocycles. The number of alkyl halides is 1. The molecule has 0 saturated carbocycles. The van der Waals surface area contributed by atoms with Crippen molar-refractivity contribution in [3.05, 3.63) is 66.2 Å². The Balaban J connectivity index is 1.91. The van der Waals surface area contributed by atoms with Gasteiger partial charge in [0, 0.05) is 12.1 Å². The van der Waals surface area contributed by atoms with E-state index in [0.717, 1.165) is 71.6 Å². The Bertz CT molecular complexity index is 1070. The van der Waals surface area contributed by atoms with E-state index in [1.165, 1.54) is 44.9 Å². The molecule has 4 heteroatoms. The second kappa shape index (κ2) is 19.2. The minimum absolute atomic E-state index is 0.444. The summed E-state index contributed by atoms with van der Waals surface area (Å²) in [6, 6.07) is 20.2. The van der Waals surface area contributed by atoms with Gasteiger partial charge < -0.3 is 14.2 Å². The second-order valence-corrected chi connectivity index (χ2v) is 10.9. The number of hydrogen-bond donors (Lipinski definition) is 0. The molecular weight excluding hydrogens is 511 g/mol. The first-order valence-corrected chi connectivity index (χ1v) is 16.0. The Morgan fingerprint density at radius 1 is 0.488 bits per heavy atom. The van der Waals surface area contributed by atoms with Crippen LogP contribution in [-0.2, 0) is 6.67 Å². The SMILES string of the molecule is CCCCCCOc1cc(OCCCCCC)c(-c2ccc(-c3ccc(CF)cc3)cc2)c(OCCCCCC)c1. The van der Waals surface area contributed by atoms with Crippen molar-refractivity contribution in [2.75, 3.05) is 19.8 Å². The fourth-order valence-electron chi connectivity index (χ4n) is 4.92. The van der Waals surface area contributed by atoms with Gasteiger partial charge in [-0.25, -0.2) is 4.39 Å². The number of rotatable bonds is 21. The van der Waals surface area contributed by atoms with Crippen molar-refractivity contribution < 1.29 is 18.6 Å². The lowest BCUT2D eigenvalue weighted by Crippen LogP contribution is -2.05. The van der Waals surface area contributed by atoms with Crippen molar-refractivity contribution in [3.8, 4) is 39.5 Å². The van der Waals surface area contributed by atoms with Crippen LogP contribution in [0.1, 0.15) is 103 Å². The maximum Gasteiger partial charge on any atom is 0.134 e. The highest BCUT2D eigenvalue weighted by atomic mass is 19.1. The predicted octanol–water partition coefficient (Wildman–Crippen LogP) is 11.4. The van der Waals surface area contributed by atoms with Crippen molar-refractivity contribution >= 4 is 0 Å². The van der Waals surface area contributed by atoms with E-state index < -0.39 is 6.67 Å². The molecule has 0 saturated heterocycles. The molecule has 3 aromatic carbocycles. The molecule has 0 aliphatic rings. The lowest BCUT2D eigenvalue weighted by atomic mass is 9.98. The Morgan fingerprint density at radius 3 is 1.34 bits per heavy atom. The molecule has 0 aromatic heterocycles. The fraction of sp³-hybridized carbons (Fsp3) is 0.514. The number of hydrogen-bond acceptors (Lipinski definition) is 3. The summed E-state index contributed by atoms with van der Waals surface area (Å²) in [6.45, 7) is 8.26. The molecule has 3 aromatic rings. The van der Waals surface area contributed by atoms with Crippen LogP contribution in [-0.4, -0.2) is 19.8 Å². The monoisotopic (exact) mass is 562 g/mol. The van der Waals surface area contributed by atoms with Crippen LogP contribution >= 0.6 is 0 Å². The molecular formula is C37H51FO3. The van der Waals surface area contributed by atoms with Crippen LogP contribution < -0.4 is 14.2 Å². The first kappa shape index (κ1) is 32.5. The Morgan fingerprint density at radius 2 is 0.902 bits per heavy atom. The average molecular weight is 563 g/mol. The van der Waals surface area contributed by atoms with E-state index in [1.807, 2.05) is 36.4 Å². The zero-order valence-corrected chi connectivity index (χ0v) is 25.7. The van der Waals surface area contributed by atoms with E-state index in [-0.39, 0.29) is 0 Å². The van der Waals surface area contributed by atoms with Gasteiger partial charge in [-0.15, -0.1) is 0 Å². The lowest BCUT2D eigenvalue weighted by Gasteiger charge is -2.19. The van der Waals surface area contributed by atoms with Crippen LogP contribution in [0.25, 0.3) is 22.3 Å². The van der Waals surface area contributed by atoms with Gasteiger partial charge in [0.1, 0.15) is 23.9 Å². The fourth-order valence-corrected chi connectivity index (χ4v) is 4.92. The van der Waals surface area contributed by atoms with Gasteiger partial charge in [0.15, 0.2) is 0 Å². The molecule has 0 bridgehead atoms. The summed E-state index contributed by atoms with van der Waals surface area (Å²) in [5, 5.41) is 0. The summed E-state index contributed by atoms with van der Waals surface area (Å²) < 4.78 is 32.1. The molecule has 0 atom stereocenters. The maximum absolute atomic E-state index is 13.0. The molecule has 0 heterocycles. The molecule has 0 spiro atoms. The normalized spacial score (nSPS) is 11.0. The van der Waals surface area contributed by atoms with Crippen LogP contribution in [0.5, 0.6) is 17.2 Å². The summed E-state index contributed by atoms with van der Waals surface area (Å²) in [5.74, 6) is 2.44. The van der Waals surface area contributed by atoms with E-state index in [0.29, 0.717) is 25.4 Å². The van der Waals surface area contributed by atoms with Crippen LogP contribution in [0.15, 0.2) is 60.7 Å². The third-order valence-electron chi connectivity index (χ3n) is 7.43. The van der Waals surface area contributed by atoms with Gasteiger partial charge in [-0.2, -0.15) is 0 Å². The molecule has 0 fully saturated rings. The molecule has 0 radical (unpaired) electrons. The van der Waals surface area contributed by atoms with Gasteiger partial charge in [-0.3, -0.25) is 0 Å². The first-order chi connectivity index (χ1) is 20.2. The number of unbranched alkanes of at least 4 members (excludes halogenated alkanes) is 9. The van der Waals surface area contributed by atoms with E-state index in [4.69, 9.17) is 14.2 Å². The highest BCUT2D eigenvalue weighted by molar-refractivity contribution is 5.80. The van der Waals surface area contributed by atoms with Crippen LogP contribution in [0, 0.1) is 0 Å². The summed E-state index contributed by atoms with van der Waals surface area (Å²) in [6.07, 6.45) is 13.9. The summed E-state index contributed by atoms with van der Waals surface area (Å²) in [5.41, 5.74) is 4.89. The van der Waals surface area contributed by atoms with Crippen LogP contribution in [0.4, 0.5) is 4.39 Å². The van der Waals surface area contributed by atoms with Crippen LogP contribution in [0.3, 0.4) is 0 Å². The number of benzene rings is 3. The molecule has 3 rings (SSSR count). The second-order valence-electron chi connectivity index (χ2n) is 10.9. The molecule has 0 amide bonds. The predicted molar refractivity (Wildman–Crippen MR) is 171 cm³/mol. The summed E-state index contributed by atoms with van der Waals surface area (Å²) in [7, 11) is 0. The summed E-state index contributed by atoms with van der Waals surface area (Å²) in [4.78, 5) is 0. The van der Waals surface area contributed by atoms with Gasteiger partial charge in [-0.1, -0.05) is 127 Å². The van der Waals surface area contributed by atoms with E-state index in [2.05, 4.69) is 45.0 Å². The zero-order chi connectivity index (χ0) is 29.1. The minimum Gasteiger partial charge on any atom is -0.493 e. The lowest BCUT2D eigenvalue weighted by molar-refractivity contribution is 0.278. The third-order valence-corrected chi connectivity index (χ3v) is 7.43. The van der Waals surface area contributed by atoms with Gasteiger partial charge >= 0.3 is 0 Å². The van der Waals surface area contributed by atoms with Gasteiger partial charge in [0.05, 0.1) is 25.4 Å². The molecule has 3 nitrogen and oxygen atoms in total. The molecule has 41 heavy (non-hydrogen) atoms. The van der Waals surface area contributed by atoms with Crippen molar-refractivity contribution in [2.24, 2.45) is 0 Å². The van der Waals surface area contributed by atoms with E-state index in [9.17, 15) is 4.39 Å². The highest BCUT2D eigenvalue weighted by Gasteiger charge is 2.17. The third kappa shape index (κ3) is 11.1. The molecule has 224 valence electrons. The van der Waals surface area contributed by atoms with Gasteiger partial charge in [-0.05, 0) is 41.5 Å². The zero-order valence-electron chi connectivity index (χ0n) is 25.7. The van der Waals surface area contributed by atoms with Gasteiger partial charge in [0.2, 0.25) is 0 Å². The van der Waals surface area contributed by atoms with Crippen molar-refractivity contribution in [1.29, 1.82) is 0 Å². The Kier molecular flexibility index (Phi) is 15.2. The molecule has 0 N–H and O–H groups in total. The van der Waals surface area contributed by atoms with Crippen molar-refractivity contribution in [3.63, 3.8) is 0 Å². The number of halogens is 1. The van der Waals surface area contributed by atoms with E-state index in [1.54, 1.807) is 0 Å².